The highest BCUT2D eigenvalue weighted by molar-refractivity contribution is 6.30. The Kier molecular flexibility index (Phi) is 6.64. The van der Waals surface area contributed by atoms with Crippen molar-refractivity contribution in [3.8, 4) is 0 Å². The number of rotatable bonds is 6. The number of anilines is 2. The summed E-state index contributed by atoms with van der Waals surface area (Å²) in [6.07, 6.45) is 5.72. The van der Waals surface area contributed by atoms with E-state index in [1.165, 1.54) is 19.3 Å². The normalized spacial score (nSPS) is 17.7. The molecule has 1 saturated heterocycles. The summed E-state index contributed by atoms with van der Waals surface area (Å²) in [5, 5.41) is 0.703. The van der Waals surface area contributed by atoms with Gasteiger partial charge in [-0.2, -0.15) is 15.0 Å². The Bertz CT molecular complexity index is 866. The summed E-state index contributed by atoms with van der Waals surface area (Å²) in [6.45, 7) is 3.17. The number of hydrogen-bond acceptors (Lipinski definition) is 7. The van der Waals surface area contributed by atoms with Crippen molar-refractivity contribution in [2.24, 2.45) is 5.73 Å². The number of ether oxygens (including phenoxy) is 1. The summed E-state index contributed by atoms with van der Waals surface area (Å²) >= 11 is 6.06. The number of amides is 1. The molecule has 0 bridgehead atoms. The van der Waals surface area contributed by atoms with Crippen LogP contribution in [0.2, 0.25) is 5.02 Å². The molecule has 8 nitrogen and oxygen atoms in total. The van der Waals surface area contributed by atoms with E-state index in [9.17, 15) is 4.79 Å². The first-order chi connectivity index (χ1) is 14.6. The van der Waals surface area contributed by atoms with E-state index < -0.39 is 5.91 Å². The fraction of sp³-hybridized carbons (Fsp3) is 0.524. The average molecular weight is 431 g/mol. The molecule has 1 aliphatic carbocycles. The smallest absolute Gasteiger partial charge is 0.286 e. The Hall–Kier alpha value is -2.45. The Morgan fingerprint density at radius 2 is 1.80 bits per heavy atom. The zero-order chi connectivity index (χ0) is 20.9. The second-order valence-electron chi connectivity index (χ2n) is 7.77. The molecule has 2 heterocycles. The summed E-state index contributed by atoms with van der Waals surface area (Å²) in [4.78, 5) is 29.8. The van der Waals surface area contributed by atoms with Gasteiger partial charge in [0.15, 0.2) is 0 Å². The number of carbonyl (C=O) groups is 1. The van der Waals surface area contributed by atoms with Crippen LogP contribution in [0.5, 0.6) is 0 Å². The third-order valence-corrected chi connectivity index (χ3v) is 5.92. The summed E-state index contributed by atoms with van der Waals surface area (Å²) in [6, 6.07) is 8.10. The van der Waals surface area contributed by atoms with Crippen LogP contribution in [0, 0.1) is 0 Å². The number of nitrogens with two attached hydrogens (primary N) is 1. The summed E-state index contributed by atoms with van der Waals surface area (Å²) < 4.78 is 5.43. The van der Waals surface area contributed by atoms with Crippen LogP contribution in [-0.4, -0.2) is 53.2 Å². The van der Waals surface area contributed by atoms with Crippen molar-refractivity contribution in [3.63, 3.8) is 0 Å². The molecule has 30 heavy (non-hydrogen) atoms. The largest absolute Gasteiger partial charge is 0.378 e. The maximum absolute atomic E-state index is 12.0. The van der Waals surface area contributed by atoms with E-state index in [-0.39, 0.29) is 5.82 Å². The second-order valence-corrected chi connectivity index (χ2v) is 8.21. The van der Waals surface area contributed by atoms with E-state index in [0.29, 0.717) is 55.8 Å². The molecule has 0 unspecified atom stereocenters. The van der Waals surface area contributed by atoms with Crippen LogP contribution >= 0.6 is 11.6 Å². The maximum Gasteiger partial charge on any atom is 0.286 e. The fourth-order valence-electron chi connectivity index (χ4n) is 4.04. The van der Waals surface area contributed by atoms with Crippen molar-refractivity contribution < 1.29 is 9.53 Å². The van der Waals surface area contributed by atoms with Gasteiger partial charge in [0.1, 0.15) is 0 Å². The standard InChI is InChI=1S/C21H27ClN6O2/c22-16-8-6-15(7-9-16)14-28(17-4-2-1-3-5-17)21-25-19(18(23)29)24-20(26-21)27-10-12-30-13-11-27/h6-9,17H,1-5,10-14H2,(H2,23,29). The van der Waals surface area contributed by atoms with Gasteiger partial charge >= 0.3 is 0 Å². The Morgan fingerprint density at radius 3 is 2.47 bits per heavy atom. The van der Waals surface area contributed by atoms with E-state index in [1.807, 2.05) is 29.2 Å². The van der Waals surface area contributed by atoms with Crippen molar-refractivity contribution >= 4 is 29.4 Å². The number of aromatic nitrogens is 3. The van der Waals surface area contributed by atoms with Gasteiger partial charge in [0.05, 0.1) is 13.2 Å². The Balaban J connectivity index is 1.71. The highest BCUT2D eigenvalue weighted by Gasteiger charge is 2.27. The lowest BCUT2D eigenvalue weighted by Crippen LogP contribution is -2.40. The highest BCUT2D eigenvalue weighted by atomic mass is 35.5. The van der Waals surface area contributed by atoms with E-state index in [1.54, 1.807) is 0 Å². The molecular formula is C21H27ClN6O2. The molecule has 0 atom stereocenters. The quantitative estimate of drug-likeness (QED) is 0.752. The Labute approximate surface area is 181 Å². The zero-order valence-corrected chi connectivity index (χ0v) is 17.7. The number of halogens is 1. The first-order valence-electron chi connectivity index (χ1n) is 10.5. The zero-order valence-electron chi connectivity index (χ0n) is 17.0. The van der Waals surface area contributed by atoms with Gasteiger partial charge in [-0.25, -0.2) is 0 Å². The molecule has 1 aliphatic heterocycles. The van der Waals surface area contributed by atoms with Crippen LogP contribution in [-0.2, 0) is 11.3 Å². The van der Waals surface area contributed by atoms with Crippen LogP contribution < -0.4 is 15.5 Å². The monoisotopic (exact) mass is 430 g/mol. The molecule has 1 aromatic heterocycles. The van der Waals surface area contributed by atoms with Gasteiger partial charge < -0.3 is 20.3 Å². The molecule has 0 spiro atoms. The molecule has 1 amide bonds. The van der Waals surface area contributed by atoms with Crippen molar-refractivity contribution in [3.05, 3.63) is 40.7 Å². The van der Waals surface area contributed by atoms with Crippen molar-refractivity contribution in [2.45, 2.75) is 44.7 Å². The SMILES string of the molecule is NC(=O)c1nc(N2CCOCC2)nc(N(Cc2ccc(Cl)cc2)C2CCCCC2)n1. The molecule has 2 aliphatic rings. The lowest BCUT2D eigenvalue weighted by atomic mass is 9.94. The highest BCUT2D eigenvalue weighted by Crippen LogP contribution is 2.28. The van der Waals surface area contributed by atoms with E-state index >= 15 is 0 Å². The van der Waals surface area contributed by atoms with E-state index in [0.717, 1.165) is 18.4 Å². The van der Waals surface area contributed by atoms with Crippen LogP contribution in [0.15, 0.2) is 24.3 Å². The van der Waals surface area contributed by atoms with E-state index in [4.69, 9.17) is 27.1 Å². The molecule has 2 fully saturated rings. The van der Waals surface area contributed by atoms with Gasteiger partial charge in [0, 0.05) is 30.7 Å². The summed E-state index contributed by atoms with van der Waals surface area (Å²) in [5.74, 6) is 0.331. The predicted octanol–water partition coefficient (Wildman–Crippen LogP) is 2.80. The molecule has 4 rings (SSSR count). The molecule has 160 valence electrons. The van der Waals surface area contributed by atoms with Crippen LogP contribution in [0.1, 0.15) is 48.3 Å². The number of hydrogen-bond donors (Lipinski definition) is 1. The topological polar surface area (TPSA) is 97.5 Å². The molecule has 1 saturated carbocycles. The Morgan fingerprint density at radius 1 is 1.10 bits per heavy atom. The minimum Gasteiger partial charge on any atom is -0.378 e. The second kappa shape index (κ2) is 9.57. The van der Waals surface area contributed by atoms with E-state index in [2.05, 4.69) is 14.9 Å². The fourth-order valence-corrected chi connectivity index (χ4v) is 4.17. The van der Waals surface area contributed by atoms with Gasteiger partial charge in [-0.1, -0.05) is 43.0 Å². The predicted molar refractivity (Wildman–Crippen MR) is 116 cm³/mol. The van der Waals surface area contributed by atoms with Crippen molar-refractivity contribution in [1.82, 2.24) is 15.0 Å². The van der Waals surface area contributed by atoms with Crippen LogP contribution in [0.3, 0.4) is 0 Å². The third-order valence-electron chi connectivity index (χ3n) is 5.66. The average Bonchev–Trinajstić information content (AvgIpc) is 2.79. The van der Waals surface area contributed by atoms with Gasteiger partial charge in [0.2, 0.25) is 17.7 Å². The number of carbonyl (C=O) groups excluding carboxylic acids is 1. The maximum atomic E-state index is 12.0. The van der Waals surface area contributed by atoms with Gasteiger partial charge in [-0.05, 0) is 30.5 Å². The summed E-state index contributed by atoms with van der Waals surface area (Å²) in [5.41, 5.74) is 6.67. The lowest BCUT2D eigenvalue weighted by molar-refractivity contribution is 0.0990. The van der Waals surface area contributed by atoms with Gasteiger partial charge in [-0.15, -0.1) is 0 Å². The minimum atomic E-state index is -0.650. The van der Waals surface area contributed by atoms with Crippen LogP contribution in [0.4, 0.5) is 11.9 Å². The van der Waals surface area contributed by atoms with Gasteiger partial charge in [0.25, 0.3) is 5.91 Å². The summed E-state index contributed by atoms with van der Waals surface area (Å²) in [7, 11) is 0. The lowest BCUT2D eigenvalue weighted by Gasteiger charge is -2.35. The van der Waals surface area contributed by atoms with Crippen molar-refractivity contribution in [2.75, 3.05) is 36.1 Å². The number of nitrogens with zero attached hydrogens (tertiary/aromatic N) is 5. The number of morpholine rings is 1. The van der Waals surface area contributed by atoms with Gasteiger partial charge in [-0.3, -0.25) is 4.79 Å². The first kappa shape index (κ1) is 20.8. The molecule has 0 radical (unpaired) electrons. The molecule has 2 aromatic rings. The van der Waals surface area contributed by atoms with Crippen LogP contribution in [0.25, 0.3) is 0 Å². The first-order valence-corrected chi connectivity index (χ1v) is 10.9. The number of benzene rings is 1. The third kappa shape index (κ3) is 4.99. The molecule has 2 N–H and O–H groups in total. The molecule has 1 aromatic carbocycles. The minimum absolute atomic E-state index is 0.00147. The molecule has 9 heteroatoms. The molecular weight excluding hydrogens is 404 g/mol. The number of primary amides is 1. The van der Waals surface area contributed by atoms with Crippen molar-refractivity contribution in [1.29, 1.82) is 0 Å².